The van der Waals surface area contributed by atoms with Crippen molar-refractivity contribution < 1.29 is 24.1 Å². The fourth-order valence-corrected chi connectivity index (χ4v) is 2.73. The second-order valence-corrected chi connectivity index (χ2v) is 6.41. The van der Waals surface area contributed by atoms with Gasteiger partial charge in [-0.3, -0.25) is 0 Å². The van der Waals surface area contributed by atoms with Crippen molar-refractivity contribution in [3.63, 3.8) is 0 Å². The van der Waals surface area contributed by atoms with E-state index < -0.39 is 24.1 Å². The molecule has 5 heteroatoms. The molecule has 1 aliphatic heterocycles. The van der Waals surface area contributed by atoms with Crippen LogP contribution in [0.5, 0.6) is 0 Å². The summed E-state index contributed by atoms with van der Waals surface area (Å²) in [4.78, 5) is 0. The molecular formula is C19H36O5. The average molecular weight is 344 g/mol. The molecule has 0 amide bonds. The van der Waals surface area contributed by atoms with Crippen LogP contribution >= 0.6 is 0 Å². The minimum atomic E-state index is -1.03. The predicted molar refractivity (Wildman–Crippen MR) is 95.0 cm³/mol. The van der Waals surface area contributed by atoms with Crippen molar-refractivity contribution in [2.45, 2.75) is 83.4 Å². The number of rotatable bonds is 14. The molecule has 0 radical (unpaired) electrons. The topological polar surface area (TPSA) is 57.2 Å². The standard InChI is InChI=1S/C19H36O5/c1-5-9-12-21-15-19(8-4)17(23-14-11-7-3)16(18(20)24-19)22-13-10-6-2/h8,16-18,20H,4-7,9-15H2,1-3H3/t16-,17+,18?,19-/m1/s1. The largest absolute Gasteiger partial charge is 0.378 e. The van der Waals surface area contributed by atoms with E-state index >= 15 is 0 Å². The first-order valence-corrected chi connectivity index (χ1v) is 9.45. The summed E-state index contributed by atoms with van der Waals surface area (Å²) in [7, 11) is 0. The molecular weight excluding hydrogens is 308 g/mol. The second-order valence-electron chi connectivity index (χ2n) is 6.41. The minimum Gasteiger partial charge on any atom is -0.378 e. The van der Waals surface area contributed by atoms with Crippen LogP contribution in [0.1, 0.15) is 59.3 Å². The Hall–Kier alpha value is -0.460. The summed E-state index contributed by atoms with van der Waals surface area (Å²) in [6.07, 6.45) is 5.80. The maximum absolute atomic E-state index is 10.4. The van der Waals surface area contributed by atoms with E-state index in [9.17, 15) is 5.11 Å². The van der Waals surface area contributed by atoms with Crippen molar-refractivity contribution >= 4 is 0 Å². The fraction of sp³-hybridized carbons (Fsp3) is 0.895. The molecule has 0 aromatic rings. The molecule has 0 saturated carbocycles. The highest BCUT2D eigenvalue weighted by Gasteiger charge is 2.55. The van der Waals surface area contributed by atoms with E-state index in [1.165, 1.54) is 0 Å². The van der Waals surface area contributed by atoms with Gasteiger partial charge in [0, 0.05) is 19.8 Å². The molecule has 0 spiro atoms. The van der Waals surface area contributed by atoms with Gasteiger partial charge < -0.3 is 24.1 Å². The van der Waals surface area contributed by atoms with Gasteiger partial charge in [0.1, 0.15) is 17.8 Å². The van der Waals surface area contributed by atoms with Crippen LogP contribution in [0.4, 0.5) is 0 Å². The van der Waals surface area contributed by atoms with E-state index in [2.05, 4.69) is 27.4 Å². The quantitative estimate of drug-likeness (QED) is 0.386. The first-order chi connectivity index (χ1) is 11.6. The minimum absolute atomic E-state index is 0.317. The van der Waals surface area contributed by atoms with Gasteiger partial charge in [0.2, 0.25) is 0 Å². The van der Waals surface area contributed by atoms with Crippen LogP contribution in [-0.4, -0.2) is 55.6 Å². The Morgan fingerprint density at radius 3 is 2.17 bits per heavy atom. The van der Waals surface area contributed by atoms with Crippen LogP contribution in [0.2, 0.25) is 0 Å². The van der Waals surface area contributed by atoms with Gasteiger partial charge >= 0.3 is 0 Å². The highest BCUT2D eigenvalue weighted by molar-refractivity contribution is 5.11. The van der Waals surface area contributed by atoms with Crippen molar-refractivity contribution in [2.75, 3.05) is 26.4 Å². The van der Waals surface area contributed by atoms with Gasteiger partial charge in [-0.15, -0.1) is 6.58 Å². The third kappa shape index (κ3) is 6.12. The van der Waals surface area contributed by atoms with Crippen LogP contribution < -0.4 is 0 Å². The molecule has 1 aliphatic rings. The predicted octanol–water partition coefficient (Wildman–Crippen LogP) is 3.45. The van der Waals surface area contributed by atoms with Crippen molar-refractivity contribution in [1.82, 2.24) is 0 Å². The molecule has 4 atom stereocenters. The Morgan fingerprint density at radius 2 is 1.58 bits per heavy atom. The van der Waals surface area contributed by atoms with E-state index in [1.54, 1.807) is 6.08 Å². The maximum atomic E-state index is 10.4. The van der Waals surface area contributed by atoms with Gasteiger partial charge in [0.15, 0.2) is 6.29 Å². The van der Waals surface area contributed by atoms with Crippen molar-refractivity contribution in [3.8, 4) is 0 Å². The zero-order chi connectivity index (χ0) is 17.8. The number of aliphatic hydroxyl groups excluding tert-OH is 1. The van der Waals surface area contributed by atoms with Crippen molar-refractivity contribution in [2.24, 2.45) is 0 Å². The fourth-order valence-electron chi connectivity index (χ4n) is 2.73. The second kappa shape index (κ2) is 12.0. The molecule has 0 aromatic carbocycles. The van der Waals surface area contributed by atoms with E-state index in [4.69, 9.17) is 18.9 Å². The number of ether oxygens (including phenoxy) is 4. The van der Waals surface area contributed by atoms with E-state index in [-0.39, 0.29) is 0 Å². The maximum Gasteiger partial charge on any atom is 0.185 e. The smallest absolute Gasteiger partial charge is 0.185 e. The molecule has 1 fully saturated rings. The molecule has 142 valence electrons. The lowest BCUT2D eigenvalue weighted by Gasteiger charge is -2.32. The van der Waals surface area contributed by atoms with Gasteiger partial charge in [-0.05, 0) is 19.3 Å². The SMILES string of the molecule is C=C[C@]1(COCCCC)OC(O)[C@H](OCCCC)[C@@H]1OCCCC. The Morgan fingerprint density at radius 1 is 1.00 bits per heavy atom. The Kier molecular flexibility index (Phi) is 10.8. The molecule has 24 heavy (non-hydrogen) atoms. The number of aliphatic hydroxyl groups is 1. The highest BCUT2D eigenvalue weighted by atomic mass is 16.7. The third-order valence-corrected chi connectivity index (χ3v) is 4.32. The number of hydrogen-bond donors (Lipinski definition) is 1. The molecule has 0 aliphatic carbocycles. The number of unbranched alkanes of at least 4 members (excludes halogenated alkanes) is 3. The van der Waals surface area contributed by atoms with E-state index in [1.807, 2.05) is 0 Å². The molecule has 0 aromatic heterocycles. The van der Waals surface area contributed by atoms with E-state index in [0.29, 0.717) is 26.4 Å². The van der Waals surface area contributed by atoms with Crippen LogP contribution in [0.15, 0.2) is 12.7 Å². The summed E-state index contributed by atoms with van der Waals surface area (Å²) in [5.41, 5.74) is -0.863. The summed E-state index contributed by atoms with van der Waals surface area (Å²) in [5.74, 6) is 0. The lowest BCUT2D eigenvalue weighted by atomic mass is 9.95. The van der Waals surface area contributed by atoms with Crippen LogP contribution in [0.3, 0.4) is 0 Å². The van der Waals surface area contributed by atoms with Gasteiger partial charge in [-0.2, -0.15) is 0 Å². The Bertz CT molecular complexity index is 336. The van der Waals surface area contributed by atoms with Gasteiger partial charge in [0.05, 0.1) is 6.61 Å². The summed E-state index contributed by atoms with van der Waals surface area (Å²) >= 11 is 0. The van der Waals surface area contributed by atoms with Crippen LogP contribution in [0, 0.1) is 0 Å². The summed E-state index contributed by atoms with van der Waals surface area (Å²) in [6, 6.07) is 0. The Labute approximate surface area is 147 Å². The normalized spacial score (nSPS) is 29.9. The monoisotopic (exact) mass is 344 g/mol. The molecule has 1 heterocycles. The van der Waals surface area contributed by atoms with Gasteiger partial charge in [-0.25, -0.2) is 0 Å². The van der Waals surface area contributed by atoms with Gasteiger partial charge in [-0.1, -0.05) is 46.1 Å². The zero-order valence-electron chi connectivity index (χ0n) is 15.7. The van der Waals surface area contributed by atoms with Crippen LogP contribution in [0.25, 0.3) is 0 Å². The first kappa shape index (κ1) is 21.6. The third-order valence-electron chi connectivity index (χ3n) is 4.32. The number of hydrogen-bond acceptors (Lipinski definition) is 5. The Balaban J connectivity index is 2.77. The lowest BCUT2D eigenvalue weighted by Crippen LogP contribution is -2.48. The molecule has 1 rings (SSSR count). The van der Waals surface area contributed by atoms with Crippen LogP contribution in [-0.2, 0) is 18.9 Å². The molecule has 1 N–H and O–H groups in total. The first-order valence-electron chi connectivity index (χ1n) is 9.45. The molecule has 1 saturated heterocycles. The molecule has 0 bridgehead atoms. The zero-order valence-corrected chi connectivity index (χ0v) is 15.7. The van der Waals surface area contributed by atoms with Crippen molar-refractivity contribution in [3.05, 3.63) is 12.7 Å². The summed E-state index contributed by atoms with van der Waals surface area (Å²) in [6.45, 7) is 12.4. The molecule has 5 nitrogen and oxygen atoms in total. The van der Waals surface area contributed by atoms with Crippen molar-refractivity contribution in [1.29, 1.82) is 0 Å². The van der Waals surface area contributed by atoms with Gasteiger partial charge in [0.25, 0.3) is 0 Å². The summed E-state index contributed by atoms with van der Waals surface area (Å²) in [5, 5.41) is 10.4. The van der Waals surface area contributed by atoms with E-state index in [0.717, 1.165) is 38.5 Å². The highest BCUT2D eigenvalue weighted by Crippen LogP contribution is 2.36. The lowest BCUT2D eigenvalue weighted by molar-refractivity contribution is -0.169. The summed E-state index contributed by atoms with van der Waals surface area (Å²) < 4.78 is 23.5. The molecule has 1 unspecified atom stereocenters. The average Bonchev–Trinajstić information content (AvgIpc) is 2.85.